The van der Waals surface area contributed by atoms with Gasteiger partial charge in [0.15, 0.2) is 6.17 Å². The summed E-state index contributed by atoms with van der Waals surface area (Å²) >= 11 is 0. The standard InChI is InChI=1S/C28H34N6O/c1-6-28(20-16-29-33-24(20)31-21-13-27(4,5)32-25(35)23(21)28)18-9-7-8-17(12-18)19-15-30-34-11-10-26(2,3)14-22(19)34/h7-9,12,15-16,24,31H,6,10-11,13-14H2,1-5H3,(H,32,35)/t24?,28-/m0/s1. The molecule has 7 heteroatoms. The maximum Gasteiger partial charge on any atom is 0.250 e. The van der Waals surface area contributed by atoms with Crippen molar-refractivity contribution in [3.05, 3.63) is 64.8 Å². The third-order valence-electron chi connectivity index (χ3n) is 8.30. The average Bonchev–Trinajstić information content (AvgIpc) is 3.43. The number of nitrogens with zero attached hydrogens (tertiary/aromatic N) is 4. The van der Waals surface area contributed by atoms with Crippen LogP contribution in [0.25, 0.3) is 11.1 Å². The number of aromatic nitrogens is 2. The fourth-order valence-electron chi connectivity index (χ4n) is 6.54. The van der Waals surface area contributed by atoms with Crippen molar-refractivity contribution in [1.82, 2.24) is 20.4 Å². The summed E-state index contributed by atoms with van der Waals surface area (Å²) in [5.41, 5.74) is 6.95. The topological polar surface area (TPSA) is 83.7 Å². The molecule has 0 fully saturated rings. The van der Waals surface area contributed by atoms with Gasteiger partial charge in [-0.15, -0.1) is 0 Å². The minimum absolute atomic E-state index is 0.00749. The van der Waals surface area contributed by atoms with Crippen LogP contribution in [0.4, 0.5) is 0 Å². The van der Waals surface area contributed by atoms with Crippen molar-refractivity contribution in [2.24, 2.45) is 15.6 Å². The Hall–Kier alpha value is -3.22. The highest BCUT2D eigenvalue weighted by Crippen LogP contribution is 2.51. The number of aryl methyl sites for hydroxylation is 1. The number of benzene rings is 1. The van der Waals surface area contributed by atoms with E-state index in [1.54, 1.807) is 0 Å². The molecular formula is C28H34N6O. The van der Waals surface area contributed by atoms with Gasteiger partial charge in [-0.05, 0) is 55.7 Å². The lowest BCUT2D eigenvalue weighted by Crippen LogP contribution is -2.58. The predicted molar refractivity (Wildman–Crippen MR) is 135 cm³/mol. The fraction of sp³-hybridized carbons (Fsp3) is 0.500. The average molecular weight is 471 g/mol. The maximum atomic E-state index is 13.6. The predicted octanol–water partition coefficient (Wildman–Crippen LogP) is 5.00. The van der Waals surface area contributed by atoms with Gasteiger partial charge in [-0.3, -0.25) is 9.48 Å². The molecule has 0 radical (unpaired) electrons. The number of amides is 1. The quantitative estimate of drug-likeness (QED) is 0.662. The molecule has 1 aromatic heterocycles. The van der Waals surface area contributed by atoms with E-state index in [4.69, 9.17) is 5.10 Å². The molecule has 1 aromatic carbocycles. The molecular weight excluding hydrogens is 436 g/mol. The zero-order valence-corrected chi connectivity index (χ0v) is 21.3. The van der Waals surface area contributed by atoms with Gasteiger partial charge < -0.3 is 10.6 Å². The van der Waals surface area contributed by atoms with Crippen LogP contribution in [0.3, 0.4) is 0 Å². The highest BCUT2D eigenvalue weighted by atomic mass is 16.2. The Morgan fingerprint density at radius 2 is 2.00 bits per heavy atom. The van der Waals surface area contributed by atoms with E-state index >= 15 is 0 Å². The van der Waals surface area contributed by atoms with Crippen LogP contribution in [0.1, 0.15) is 65.1 Å². The number of carbonyl (C=O) groups excluding carboxylic acids is 1. The van der Waals surface area contributed by atoms with Crippen molar-refractivity contribution >= 4 is 5.91 Å². The van der Waals surface area contributed by atoms with Crippen LogP contribution in [-0.2, 0) is 23.2 Å². The Bertz CT molecular complexity index is 1330. The molecule has 2 aromatic rings. The summed E-state index contributed by atoms with van der Waals surface area (Å²) in [4.78, 5) is 13.6. The number of nitrogens with one attached hydrogen (secondary N) is 2. The first-order valence-electron chi connectivity index (χ1n) is 12.7. The van der Waals surface area contributed by atoms with Gasteiger partial charge in [-0.1, -0.05) is 39.0 Å². The van der Waals surface area contributed by atoms with Crippen LogP contribution in [0.15, 0.2) is 63.7 Å². The van der Waals surface area contributed by atoms with Crippen LogP contribution < -0.4 is 10.6 Å². The van der Waals surface area contributed by atoms with Crippen LogP contribution in [0.5, 0.6) is 0 Å². The lowest BCUT2D eigenvalue weighted by atomic mass is 9.62. The molecule has 6 rings (SSSR count). The van der Waals surface area contributed by atoms with Crippen molar-refractivity contribution in [3.63, 3.8) is 0 Å². The van der Waals surface area contributed by atoms with Crippen LogP contribution in [0.2, 0.25) is 0 Å². The third kappa shape index (κ3) is 3.31. The summed E-state index contributed by atoms with van der Waals surface area (Å²) < 4.78 is 2.16. The summed E-state index contributed by atoms with van der Waals surface area (Å²) in [5.74, 6) is -0.00749. The van der Waals surface area contributed by atoms with E-state index in [2.05, 4.69) is 84.4 Å². The molecule has 182 valence electrons. The van der Waals surface area contributed by atoms with Crippen LogP contribution in [0, 0.1) is 5.41 Å². The normalized spacial score (nSPS) is 28.0. The van der Waals surface area contributed by atoms with Crippen molar-refractivity contribution < 1.29 is 4.79 Å². The van der Waals surface area contributed by atoms with E-state index in [9.17, 15) is 4.79 Å². The van der Waals surface area contributed by atoms with Crippen molar-refractivity contribution in [3.8, 4) is 11.1 Å². The largest absolute Gasteiger partial charge is 0.362 e. The van der Waals surface area contributed by atoms with E-state index in [1.807, 2.05) is 12.4 Å². The van der Waals surface area contributed by atoms with Gasteiger partial charge in [0.1, 0.15) is 0 Å². The SMILES string of the molecule is CC[C@]1(c2cccc(-c3cnn4c3CC(C)(C)CC4)c2)C2=CN=NC2NC2=C1C(=O)NC(C)(C)C2. The Kier molecular flexibility index (Phi) is 4.70. The van der Waals surface area contributed by atoms with Gasteiger partial charge in [0.25, 0.3) is 5.91 Å². The molecule has 4 aliphatic heterocycles. The van der Waals surface area contributed by atoms with Gasteiger partial charge in [0, 0.05) is 41.0 Å². The Morgan fingerprint density at radius 1 is 1.17 bits per heavy atom. The number of carbonyl (C=O) groups is 1. The second-order valence-electron chi connectivity index (χ2n) is 11.9. The number of fused-ring (bicyclic) bond motifs is 2. The summed E-state index contributed by atoms with van der Waals surface area (Å²) in [6.45, 7) is 11.9. The monoisotopic (exact) mass is 470 g/mol. The zero-order valence-electron chi connectivity index (χ0n) is 21.3. The molecule has 5 heterocycles. The van der Waals surface area contributed by atoms with E-state index < -0.39 is 5.41 Å². The number of hydrogen-bond donors (Lipinski definition) is 2. The first kappa shape index (κ1) is 22.3. The molecule has 2 N–H and O–H groups in total. The molecule has 0 spiro atoms. The lowest BCUT2D eigenvalue weighted by Gasteiger charge is -2.48. The molecule has 1 unspecified atom stereocenters. The Balaban J connectivity index is 1.53. The van der Waals surface area contributed by atoms with Gasteiger partial charge in [0.05, 0.1) is 23.4 Å². The fourth-order valence-corrected chi connectivity index (χ4v) is 6.54. The first-order valence-corrected chi connectivity index (χ1v) is 12.7. The highest BCUT2D eigenvalue weighted by Gasteiger charge is 2.53. The van der Waals surface area contributed by atoms with Gasteiger partial charge in [-0.2, -0.15) is 15.3 Å². The van der Waals surface area contributed by atoms with Crippen molar-refractivity contribution in [2.75, 3.05) is 0 Å². The van der Waals surface area contributed by atoms with Gasteiger partial charge >= 0.3 is 0 Å². The Morgan fingerprint density at radius 3 is 2.80 bits per heavy atom. The minimum atomic E-state index is -0.585. The van der Waals surface area contributed by atoms with Crippen LogP contribution in [-0.4, -0.2) is 27.4 Å². The zero-order chi connectivity index (χ0) is 24.6. The molecule has 0 bridgehead atoms. The van der Waals surface area contributed by atoms with Gasteiger partial charge in [-0.25, -0.2) is 0 Å². The smallest absolute Gasteiger partial charge is 0.250 e. The summed E-state index contributed by atoms with van der Waals surface area (Å²) in [7, 11) is 0. The molecule has 4 aliphatic rings. The molecule has 35 heavy (non-hydrogen) atoms. The molecule has 7 nitrogen and oxygen atoms in total. The van der Waals surface area contributed by atoms with E-state index in [-0.39, 0.29) is 23.0 Å². The van der Waals surface area contributed by atoms with E-state index in [1.165, 1.54) is 11.3 Å². The molecule has 0 saturated heterocycles. The summed E-state index contributed by atoms with van der Waals surface area (Å²) in [5, 5.41) is 20.3. The van der Waals surface area contributed by atoms with Crippen molar-refractivity contribution in [1.29, 1.82) is 0 Å². The highest BCUT2D eigenvalue weighted by molar-refractivity contribution is 6.00. The first-order chi connectivity index (χ1) is 16.6. The summed E-state index contributed by atoms with van der Waals surface area (Å²) in [6, 6.07) is 8.71. The number of rotatable bonds is 3. The maximum absolute atomic E-state index is 13.6. The second kappa shape index (κ2) is 7.39. The molecule has 2 atom stereocenters. The van der Waals surface area contributed by atoms with Crippen molar-refractivity contribution in [2.45, 2.75) is 84.0 Å². The third-order valence-corrected chi connectivity index (χ3v) is 8.30. The second-order valence-corrected chi connectivity index (χ2v) is 11.9. The summed E-state index contributed by atoms with van der Waals surface area (Å²) in [6.07, 6.45) is 7.27. The number of hydrogen-bond acceptors (Lipinski definition) is 5. The van der Waals surface area contributed by atoms with E-state index in [0.717, 1.165) is 60.2 Å². The van der Waals surface area contributed by atoms with E-state index in [0.29, 0.717) is 0 Å². The number of azo groups is 1. The lowest BCUT2D eigenvalue weighted by molar-refractivity contribution is -0.120. The molecule has 0 saturated carbocycles. The van der Waals surface area contributed by atoms with Crippen LogP contribution >= 0.6 is 0 Å². The van der Waals surface area contributed by atoms with Gasteiger partial charge in [0.2, 0.25) is 0 Å². The molecule has 0 aliphatic carbocycles. The minimum Gasteiger partial charge on any atom is -0.362 e. The Labute approximate surface area is 206 Å². The molecule has 1 amide bonds.